The number of fused-ring (bicyclic) bond motifs is 1. The second kappa shape index (κ2) is 6.81. The van der Waals surface area contributed by atoms with Crippen LogP contribution in [0.15, 0.2) is 18.2 Å². The summed E-state index contributed by atoms with van der Waals surface area (Å²) in [7, 11) is 0. The molecule has 1 aromatic carbocycles. The minimum absolute atomic E-state index is 0.134. The average Bonchev–Trinajstić information content (AvgIpc) is 2.95. The minimum atomic E-state index is -0.578. The number of hydrogen-bond donors (Lipinski definition) is 2. The third-order valence-electron chi connectivity index (χ3n) is 5.63. The van der Waals surface area contributed by atoms with E-state index in [0.29, 0.717) is 18.5 Å². The van der Waals surface area contributed by atoms with Gasteiger partial charge in [-0.1, -0.05) is 12.1 Å². The van der Waals surface area contributed by atoms with Crippen LogP contribution in [0.3, 0.4) is 0 Å². The molecule has 138 valence electrons. The molecule has 2 fully saturated rings. The number of nitrogens with one attached hydrogen (secondary N) is 1. The molecule has 0 aliphatic carbocycles. The third-order valence-corrected chi connectivity index (χ3v) is 5.63. The summed E-state index contributed by atoms with van der Waals surface area (Å²) in [6.45, 7) is 2.84. The Morgan fingerprint density at radius 2 is 1.88 bits per heavy atom. The van der Waals surface area contributed by atoms with Gasteiger partial charge < -0.3 is 10.0 Å². The number of aliphatic hydroxyl groups is 1. The summed E-state index contributed by atoms with van der Waals surface area (Å²) in [5.41, 5.74) is 2.74. The fraction of sp³-hybridized carbons (Fsp3) is 0.526. The number of piperidine rings is 2. The van der Waals surface area contributed by atoms with Crippen molar-refractivity contribution in [2.45, 2.75) is 50.9 Å². The van der Waals surface area contributed by atoms with E-state index in [1.165, 1.54) is 0 Å². The van der Waals surface area contributed by atoms with Gasteiger partial charge in [-0.05, 0) is 36.5 Å². The lowest BCUT2D eigenvalue weighted by atomic mass is 10.0. The molecule has 1 atom stereocenters. The molecule has 3 aliphatic heterocycles. The number of likely N-dealkylation sites (tertiary alicyclic amines) is 1. The molecule has 2 N–H and O–H groups in total. The van der Waals surface area contributed by atoms with Crippen molar-refractivity contribution in [2.24, 2.45) is 0 Å². The van der Waals surface area contributed by atoms with E-state index in [-0.39, 0.29) is 30.2 Å². The second-order valence-corrected chi connectivity index (χ2v) is 7.35. The zero-order valence-electron chi connectivity index (χ0n) is 14.6. The van der Waals surface area contributed by atoms with Crippen molar-refractivity contribution in [3.8, 4) is 0 Å². The summed E-state index contributed by atoms with van der Waals surface area (Å²) >= 11 is 0. The summed E-state index contributed by atoms with van der Waals surface area (Å²) < 4.78 is 0. The van der Waals surface area contributed by atoms with Gasteiger partial charge in [-0.25, -0.2) is 0 Å². The molecule has 3 amide bonds. The maximum Gasteiger partial charge on any atom is 0.255 e. The van der Waals surface area contributed by atoms with Gasteiger partial charge in [-0.2, -0.15) is 0 Å². The number of amides is 3. The molecule has 0 spiro atoms. The van der Waals surface area contributed by atoms with Crippen LogP contribution in [-0.2, 0) is 22.7 Å². The minimum Gasteiger partial charge on any atom is -0.393 e. The first kappa shape index (κ1) is 17.2. The molecular formula is C19H23N3O4. The molecule has 0 aromatic heterocycles. The molecule has 0 radical (unpaired) electrons. The Bertz CT molecular complexity index is 755. The quantitative estimate of drug-likeness (QED) is 0.765. The lowest BCUT2D eigenvalue weighted by molar-refractivity contribution is -0.136. The number of carbonyl (C=O) groups excluding carboxylic acids is 3. The van der Waals surface area contributed by atoms with Crippen LogP contribution < -0.4 is 5.32 Å². The van der Waals surface area contributed by atoms with E-state index >= 15 is 0 Å². The van der Waals surface area contributed by atoms with Crippen LogP contribution in [0.4, 0.5) is 0 Å². The Balaban J connectivity index is 1.52. The van der Waals surface area contributed by atoms with Crippen LogP contribution in [0.5, 0.6) is 0 Å². The molecule has 26 heavy (non-hydrogen) atoms. The lowest BCUT2D eigenvalue weighted by Gasteiger charge is -2.30. The highest BCUT2D eigenvalue weighted by Crippen LogP contribution is 2.30. The molecule has 2 saturated heterocycles. The normalized spacial score (nSPS) is 24.7. The van der Waals surface area contributed by atoms with Crippen LogP contribution in [0.25, 0.3) is 0 Å². The fourth-order valence-corrected chi connectivity index (χ4v) is 4.12. The van der Waals surface area contributed by atoms with Crippen molar-refractivity contribution in [2.75, 3.05) is 13.1 Å². The van der Waals surface area contributed by atoms with Crippen LogP contribution in [0.2, 0.25) is 0 Å². The van der Waals surface area contributed by atoms with Gasteiger partial charge in [0.15, 0.2) is 0 Å². The van der Waals surface area contributed by atoms with E-state index < -0.39 is 6.04 Å². The van der Waals surface area contributed by atoms with Gasteiger partial charge in [-0.15, -0.1) is 0 Å². The van der Waals surface area contributed by atoms with Gasteiger partial charge in [0.25, 0.3) is 5.91 Å². The highest BCUT2D eigenvalue weighted by Gasteiger charge is 2.39. The predicted molar refractivity (Wildman–Crippen MR) is 93.0 cm³/mol. The van der Waals surface area contributed by atoms with Gasteiger partial charge in [0, 0.05) is 38.2 Å². The van der Waals surface area contributed by atoms with Crippen LogP contribution in [0.1, 0.15) is 47.2 Å². The monoisotopic (exact) mass is 357 g/mol. The van der Waals surface area contributed by atoms with E-state index in [1.54, 1.807) is 4.90 Å². The van der Waals surface area contributed by atoms with E-state index in [4.69, 9.17) is 0 Å². The van der Waals surface area contributed by atoms with E-state index in [2.05, 4.69) is 10.2 Å². The standard InChI is InChI=1S/C19H23N3O4/c23-13-6-8-21(9-7-13)10-12-2-1-3-14-15(12)11-22(19(14)26)16-4-5-17(24)20-18(16)25/h1-3,13,16,23H,4-11H2,(H,20,24,25). The van der Waals surface area contributed by atoms with Crippen molar-refractivity contribution in [3.63, 3.8) is 0 Å². The molecule has 7 heteroatoms. The topological polar surface area (TPSA) is 90.0 Å². The molecule has 3 heterocycles. The summed E-state index contributed by atoms with van der Waals surface area (Å²) in [6.07, 6.45) is 1.98. The largest absolute Gasteiger partial charge is 0.393 e. The number of imide groups is 1. The zero-order valence-corrected chi connectivity index (χ0v) is 14.6. The molecule has 1 unspecified atom stereocenters. The Morgan fingerprint density at radius 3 is 2.62 bits per heavy atom. The molecule has 3 aliphatic rings. The molecular weight excluding hydrogens is 334 g/mol. The Labute approximate surface area is 152 Å². The van der Waals surface area contributed by atoms with Crippen LogP contribution in [-0.4, -0.2) is 57.9 Å². The number of carbonyl (C=O) groups is 3. The zero-order chi connectivity index (χ0) is 18.3. The summed E-state index contributed by atoms with van der Waals surface area (Å²) in [5, 5.41) is 12.0. The van der Waals surface area contributed by atoms with Gasteiger partial charge in [0.05, 0.1) is 6.10 Å². The van der Waals surface area contributed by atoms with Crippen LogP contribution >= 0.6 is 0 Å². The Hall–Kier alpha value is -2.25. The van der Waals surface area contributed by atoms with Gasteiger partial charge >= 0.3 is 0 Å². The van der Waals surface area contributed by atoms with Crippen LogP contribution in [0, 0.1) is 0 Å². The molecule has 0 saturated carbocycles. The highest BCUT2D eigenvalue weighted by atomic mass is 16.3. The highest BCUT2D eigenvalue weighted by molar-refractivity contribution is 6.05. The van der Waals surface area contributed by atoms with E-state index in [0.717, 1.165) is 43.6 Å². The first-order chi connectivity index (χ1) is 12.5. The lowest BCUT2D eigenvalue weighted by Crippen LogP contribution is -2.52. The van der Waals surface area contributed by atoms with E-state index in [9.17, 15) is 19.5 Å². The molecule has 0 bridgehead atoms. The first-order valence-corrected chi connectivity index (χ1v) is 9.19. The predicted octanol–water partition coefficient (Wildman–Crippen LogP) is 0.404. The fourth-order valence-electron chi connectivity index (χ4n) is 4.12. The Kier molecular flexibility index (Phi) is 4.50. The maximum absolute atomic E-state index is 12.8. The second-order valence-electron chi connectivity index (χ2n) is 7.35. The van der Waals surface area contributed by atoms with Crippen molar-refractivity contribution in [3.05, 3.63) is 34.9 Å². The summed E-state index contributed by atoms with van der Waals surface area (Å²) in [4.78, 5) is 40.2. The molecule has 7 nitrogen and oxygen atoms in total. The molecule has 1 aromatic rings. The SMILES string of the molecule is O=C1CCC(N2Cc3c(CN4CCC(O)CC4)cccc3C2=O)C(=O)N1. The van der Waals surface area contributed by atoms with Gasteiger partial charge in [0.2, 0.25) is 11.8 Å². The number of aliphatic hydroxyl groups excluding tert-OH is 1. The first-order valence-electron chi connectivity index (χ1n) is 9.19. The number of nitrogens with zero attached hydrogens (tertiary/aromatic N) is 2. The van der Waals surface area contributed by atoms with Crippen molar-refractivity contribution in [1.82, 2.24) is 15.1 Å². The van der Waals surface area contributed by atoms with Crippen molar-refractivity contribution in [1.29, 1.82) is 0 Å². The third kappa shape index (κ3) is 3.12. The van der Waals surface area contributed by atoms with Crippen molar-refractivity contribution < 1.29 is 19.5 Å². The van der Waals surface area contributed by atoms with Gasteiger partial charge in [0.1, 0.15) is 6.04 Å². The number of rotatable bonds is 3. The summed E-state index contributed by atoms with van der Waals surface area (Å²) in [6, 6.07) is 5.15. The number of hydrogen-bond acceptors (Lipinski definition) is 5. The maximum atomic E-state index is 12.8. The van der Waals surface area contributed by atoms with E-state index in [1.807, 2.05) is 18.2 Å². The molecule has 4 rings (SSSR count). The summed E-state index contributed by atoms with van der Waals surface area (Å²) in [5.74, 6) is -0.789. The van der Waals surface area contributed by atoms with Crippen molar-refractivity contribution >= 4 is 17.7 Å². The smallest absolute Gasteiger partial charge is 0.255 e. The van der Waals surface area contributed by atoms with Gasteiger partial charge in [-0.3, -0.25) is 24.6 Å². The average molecular weight is 357 g/mol. The Morgan fingerprint density at radius 1 is 1.12 bits per heavy atom. The number of benzene rings is 1.